The molecular formula is C23H24F2N6O5S2. The normalized spacial score (nSPS) is 17.8. The Kier molecular flexibility index (Phi) is 6.27. The van der Waals surface area contributed by atoms with Crippen molar-refractivity contribution in [3.05, 3.63) is 62.5 Å². The van der Waals surface area contributed by atoms with E-state index >= 15 is 0 Å². The number of nitrogens with zero attached hydrogens (tertiary/aromatic N) is 6. The maximum atomic E-state index is 14.1. The number of hydrogen-bond acceptors (Lipinski definition) is 9. The van der Waals surface area contributed by atoms with Gasteiger partial charge in [-0.1, -0.05) is 17.4 Å². The summed E-state index contributed by atoms with van der Waals surface area (Å²) in [5.74, 6) is -2.77. The Balaban J connectivity index is 1.52. The quantitative estimate of drug-likeness (QED) is 0.501. The summed E-state index contributed by atoms with van der Waals surface area (Å²) in [5, 5.41) is 21.1. The standard InChI is InChI=1S/C23H24F2N6O5S2/c1-28-22(34)18-20(33)19(32)15(21-27-26-17(37-21)10-13-4-5-14(24)11-16(13)25)12-31(18)29(2)23(28)6-8-30(9-7-23)38(3,35)36/h4-5,11-12,33H,6-10H2,1-3H3. The number of amides is 1. The van der Waals surface area contributed by atoms with Crippen LogP contribution in [0.2, 0.25) is 0 Å². The van der Waals surface area contributed by atoms with E-state index in [0.29, 0.717) is 17.8 Å². The zero-order chi connectivity index (χ0) is 27.6. The van der Waals surface area contributed by atoms with Gasteiger partial charge in [0.05, 0.1) is 11.8 Å². The number of pyridine rings is 1. The topological polar surface area (TPSA) is 129 Å². The third-order valence-electron chi connectivity index (χ3n) is 7.27. The van der Waals surface area contributed by atoms with Gasteiger partial charge in [-0.3, -0.25) is 19.3 Å². The molecule has 3 aromatic rings. The maximum Gasteiger partial charge on any atom is 0.278 e. The van der Waals surface area contributed by atoms with Crippen LogP contribution in [0.5, 0.6) is 5.75 Å². The third kappa shape index (κ3) is 4.14. The molecule has 0 bridgehead atoms. The summed E-state index contributed by atoms with van der Waals surface area (Å²) in [6.45, 7) is 0.379. The van der Waals surface area contributed by atoms with Gasteiger partial charge >= 0.3 is 0 Å². The number of carbonyl (C=O) groups excluding carboxylic acids is 1. The average molecular weight is 567 g/mol. The van der Waals surface area contributed by atoms with Crippen molar-refractivity contribution < 1.29 is 27.1 Å². The van der Waals surface area contributed by atoms with E-state index in [0.717, 1.165) is 29.7 Å². The third-order valence-corrected chi connectivity index (χ3v) is 9.53. The highest BCUT2D eigenvalue weighted by Gasteiger charge is 2.50. The molecule has 0 aliphatic carbocycles. The van der Waals surface area contributed by atoms with Gasteiger partial charge in [-0.25, -0.2) is 21.5 Å². The van der Waals surface area contributed by atoms with Crippen LogP contribution in [0, 0.1) is 11.6 Å². The second-order valence-electron chi connectivity index (χ2n) is 9.36. The second-order valence-corrected chi connectivity index (χ2v) is 12.4. The predicted octanol–water partition coefficient (Wildman–Crippen LogP) is 1.35. The van der Waals surface area contributed by atoms with Gasteiger partial charge < -0.3 is 10.0 Å². The van der Waals surface area contributed by atoms with Crippen LogP contribution in [0.25, 0.3) is 10.6 Å². The molecule has 1 amide bonds. The Hall–Kier alpha value is -3.43. The largest absolute Gasteiger partial charge is 0.502 e. The summed E-state index contributed by atoms with van der Waals surface area (Å²) < 4.78 is 54.1. The molecule has 1 saturated heterocycles. The number of aromatic nitrogens is 3. The van der Waals surface area contributed by atoms with Gasteiger partial charge in [-0.05, 0) is 11.6 Å². The Morgan fingerprint density at radius 2 is 1.82 bits per heavy atom. The molecule has 1 spiro atoms. The van der Waals surface area contributed by atoms with Crippen molar-refractivity contribution in [1.82, 2.24) is 24.1 Å². The fraction of sp³-hybridized carbons (Fsp3) is 0.391. The molecule has 2 aromatic heterocycles. The van der Waals surface area contributed by atoms with Crippen LogP contribution in [-0.4, -0.2) is 82.6 Å². The SMILES string of the molecule is CN1C(=O)c2c(O)c(=O)c(-c3nnc(Cc4ccc(F)cc4F)s3)cn2N(C)C12CCN(S(C)(=O)=O)CC2. The van der Waals surface area contributed by atoms with Gasteiger partial charge in [0, 0.05) is 58.7 Å². The van der Waals surface area contributed by atoms with Gasteiger partial charge in [-0.2, -0.15) is 0 Å². The molecule has 5 rings (SSSR count). The van der Waals surface area contributed by atoms with Crippen molar-refractivity contribution in [2.45, 2.75) is 24.9 Å². The van der Waals surface area contributed by atoms with Crippen molar-refractivity contribution in [2.24, 2.45) is 0 Å². The first-order chi connectivity index (χ1) is 17.8. The Morgan fingerprint density at radius 3 is 2.45 bits per heavy atom. The molecule has 2 aliphatic heterocycles. The molecule has 15 heteroatoms. The zero-order valence-electron chi connectivity index (χ0n) is 20.7. The number of fused-ring (bicyclic) bond motifs is 1. The smallest absolute Gasteiger partial charge is 0.278 e. The fourth-order valence-electron chi connectivity index (χ4n) is 5.04. The summed E-state index contributed by atoms with van der Waals surface area (Å²) in [6.07, 6.45) is 3.15. The highest BCUT2D eigenvalue weighted by atomic mass is 32.2. The van der Waals surface area contributed by atoms with Crippen molar-refractivity contribution in [3.63, 3.8) is 0 Å². The van der Waals surface area contributed by atoms with E-state index in [4.69, 9.17) is 0 Å². The lowest BCUT2D eigenvalue weighted by atomic mass is 9.93. The lowest BCUT2D eigenvalue weighted by Crippen LogP contribution is -2.71. The monoisotopic (exact) mass is 566 g/mol. The molecule has 38 heavy (non-hydrogen) atoms. The number of piperidine rings is 1. The molecule has 0 atom stereocenters. The van der Waals surface area contributed by atoms with Gasteiger partial charge in [-0.15, -0.1) is 10.2 Å². The van der Waals surface area contributed by atoms with Crippen LogP contribution in [-0.2, 0) is 16.4 Å². The number of benzene rings is 1. The van der Waals surface area contributed by atoms with Gasteiger partial charge in [0.1, 0.15) is 22.3 Å². The maximum absolute atomic E-state index is 14.1. The van der Waals surface area contributed by atoms with Gasteiger partial charge in [0.15, 0.2) is 16.5 Å². The number of halogens is 2. The molecule has 11 nitrogen and oxygen atoms in total. The first-order valence-electron chi connectivity index (χ1n) is 11.6. The first kappa shape index (κ1) is 26.2. The first-order valence-corrected chi connectivity index (χ1v) is 14.2. The van der Waals surface area contributed by atoms with Crippen molar-refractivity contribution in [1.29, 1.82) is 0 Å². The van der Waals surface area contributed by atoms with Gasteiger partial charge in [0.2, 0.25) is 15.5 Å². The Bertz CT molecular complexity index is 1610. The Labute approximate surface area is 220 Å². The van der Waals surface area contributed by atoms with Crippen molar-refractivity contribution in [2.75, 3.05) is 38.4 Å². The van der Waals surface area contributed by atoms with Crippen LogP contribution in [0.1, 0.15) is 33.9 Å². The zero-order valence-corrected chi connectivity index (χ0v) is 22.3. The van der Waals surface area contributed by atoms with E-state index in [1.165, 1.54) is 26.1 Å². The molecule has 2 aliphatic rings. The summed E-state index contributed by atoms with van der Waals surface area (Å²) in [4.78, 5) is 27.9. The molecule has 1 N–H and O–H groups in total. The van der Waals surface area contributed by atoms with Crippen LogP contribution < -0.4 is 10.4 Å². The minimum atomic E-state index is -3.40. The van der Waals surface area contributed by atoms with Crippen molar-refractivity contribution >= 4 is 27.3 Å². The molecule has 202 valence electrons. The summed E-state index contributed by atoms with van der Waals surface area (Å²) in [5.41, 5.74) is -1.75. The lowest BCUT2D eigenvalue weighted by molar-refractivity contribution is 0.0194. The van der Waals surface area contributed by atoms with Crippen LogP contribution >= 0.6 is 11.3 Å². The minimum Gasteiger partial charge on any atom is -0.502 e. The molecule has 0 unspecified atom stereocenters. The molecule has 0 saturated carbocycles. The van der Waals surface area contributed by atoms with E-state index in [9.17, 15) is 31.9 Å². The minimum absolute atomic E-state index is 0.0116. The molecular weight excluding hydrogens is 542 g/mol. The highest BCUT2D eigenvalue weighted by Crippen LogP contribution is 2.38. The number of sulfonamides is 1. The highest BCUT2D eigenvalue weighted by molar-refractivity contribution is 7.88. The number of hydrogen-bond donors (Lipinski definition) is 1. The second kappa shape index (κ2) is 9.10. The van der Waals surface area contributed by atoms with E-state index < -0.39 is 44.4 Å². The van der Waals surface area contributed by atoms with Crippen LogP contribution in [0.4, 0.5) is 8.78 Å². The van der Waals surface area contributed by atoms with Crippen molar-refractivity contribution in [3.8, 4) is 16.3 Å². The summed E-state index contributed by atoms with van der Waals surface area (Å²) in [7, 11) is -0.152. The fourth-order valence-corrected chi connectivity index (χ4v) is 6.75. The predicted molar refractivity (Wildman–Crippen MR) is 135 cm³/mol. The number of rotatable bonds is 4. The van der Waals surface area contributed by atoms with E-state index in [2.05, 4.69) is 10.2 Å². The van der Waals surface area contributed by atoms with Crippen LogP contribution in [0.3, 0.4) is 0 Å². The number of carbonyl (C=O) groups is 1. The lowest BCUT2D eigenvalue weighted by Gasteiger charge is -2.55. The summed E-state index contributed by atoms with van der Waals surface area (Å²) >= 11 is 1.01. The molecule has 0 radical (unpaired) electrons. The molecule has 1 aromatic carbocycles. The molecule has 4 heterocycles. The molecule has 1 fully saturated rings. The average Bonchev–Trinajstić information content (AvgIpc) is 3.33. The van der Waals surface area contributed by atoms with E-state index in [1.807, 2.05) is 0 Å². The van der Waals surface area contributed by atoms with Gasteiger partial charge in [0.25, 0.3) is 5.91 Å². The van der Waals surface area contributed by atoms with E-state index in [1.54, 1.807) is 19.1 Å². The van der Waals surface area contributed by atoms with Crippen LogP contribution in [0.15, 0.2) is 29.2 Å². The summed E-state index contributed by atoms with van der Waals surface area (Å²) in [6, 6.07) is 3.20. The van der Waals surface area contributed by atoms with E-state index in [-0.39, 0.29) is 41.3 Å². The number of aromatic hydroxyl groups is 1. The Morgan fingerprint density at radius 1 is 1.13 bits per heavy atom.